The van der Waals surface area contributed by atoms with E-state index in [1.54, 1.807) is 24.3 Å². The molecule has 0 heterocycles. The predicted molar refractivity (Wildman–Crippen MR) is 56.6 cm³/mol. The van der Waals surface area contributed by atoms with E-state index in [9.17, 15) is 4.79 Å². The molecule has 1 aromatic carbocycles. The molecule has 0 aliphatic heterocycles. The van der Waals surface area contributed by atoms with Gasteiger partial charge < -0.3 is 9.94 Å². The van der Waals surface area contributed by atoms with E-state index >= 15 is 0 Å². The summed E-state index contributed by atoms with van der Waals surface area (Å²) in [5.74, 6) is 3.91. The molecule has 0 aliphatic carbocycles. The summed E-state index contributed by atoms with van der Waals surface area (Å²) < 4.78 is 0. The molecular weight excluding hydrogens is 218 g/mol. The maximum Gasteiger partial charge on any atom is 0.316 e. The Balaban J connectivity index is 3.21. The number of hydrogen-bond donors (Lipinski definition) is 2. The van der Waals surface area contributed by atoms with Crippen molar-refractivity contribution in [1.29, 1.82) is 0 Å². The summed E-state index contributed by atoms with van der Waals surface area (Å²) in [5.41, 5.74) is -0.739. The lowest BCUT2D eigenvalue weighted by Gasteiger charge is -2.24. The van der Waals surface area contributed by atoms with Crippen LogP contribution in [-0.2, 0) is 15.0 Å². The molecule has 4 nitrogen and oxygen atoms in total. The number of carboxylic acid groups (broad SMARTS) is 1. The van der Waals surface area contributed by atoms with Gasteiger partial charge in [-0.15, -0.1) is 0 Å². The summed E-state index contributed by atoms with van der Waals surface area (Å²) in [4.78, 5) is 15.6. The molecular formula is C10H12ClNO3. The van der Waals surface area contributed by atoms with Crippen molar-refractivity contribution in [2.45, 2.75) is 12.3 Å². The average Bonchev–Trinajstić information content (AvgIpc) is 2.18. The van der Waals surface area contributed by atoms with Crippen LogP contribution in [0.3, 0.4) is 0 Å². The largest absolute Gasteiger partial charge is 0.481 e. The summed E-state index contributed by atoms with van der Waals surface area (Å²) in [6.45, 7) is 1.38. The van der Waals surface area contributed by atoms with Gasteiger partial charge in [-0.1, -0.05) is 29.8 Å². The Morgan fingerprint density at radius 3 is 2.67 bits per heavy atom. The van der Waals surface area contributed by atoms with Gasteiger partial charge in [0.1, 0.15) is 5.41 Å². The summed E-state index contributed by atoms with van der Waals surface area (Å²) >= 11 is 5.93. The van der Waals surface area contributed by atoms with Gasteiger partial charge in [-0.2, -0.15) is 0 Å². The van der Waals surface area contributed by atoms with E-state index in [4.69, 9.17) is 22.6 Å². The van der Waals surface area contributed by atoms with Crippen molar-refractivity contribution in [2.24, 2.45) is 5.90 Å². The second-order valence-electron chi connectivity index (χ2n) is 3.43. The van der Waals surface area contributed by atoms with Crippen LogP contribution in [0.15, 0.2) is 24.3 Å². The van der Waals surface area contributed by atoms with Gasteiger partial charge in [-0.25, -0.2) is 5.90 Å². The Morgan fingerprint density at radius 1 is 1.60 bits per heavy atom. The lowest BCUT2D eigenvalue weighted by Crippen LogP contribution is -2.38. The van der Waals surface area contributed by atoms with Crippen molar-refractivity contribution in [3.05, 3.63) is 34.9 Å². The predicted octanol–water partition coefficient (Wildman–Crippen LogP) is 1.57. The van der Waals surface area contributed by atoms with Crippen molar-refractivity contribution in [2.75, 3.05) is 6.61 Å². The molecule has 1 aromatic rings. The number of halogens is 1. The standard InChI is InChI=1S/C10H12ClNO3/c1-10(6-15-12,9(13)14)7-4-2-3-5-8(7)11/h2-5H,6,12H2,1H3,(H,13,14). The van der Waals surface area contributed by atoms with Gasteiger partial charge in [0.05, 0.1) is 6.61 Å². The molecule has 0 amide bonds. The number of carbonyl (C=O) groups is 1. The minimum absolute atomic E-state index is 0.133. The average molecular weight is 230 g/mol. The molecule has 3 N–H and O–H groups in total. The summed E-state index contributed by atoms with van der Waals surface area (Å²) in [7, 11) is 0. The van der Waals surface area contributed by atoms with Crippen LogP contribution in [0, 0.1) is 0 Å². The number of rotatable bonds is 4. The second kappa shape index (κ2) is 4.61. The zero-order chi connectivity index (χ0) is 11.5. The highest BCUT2D eigenvalue weighted by molar-refractivity contribution is 6.31. The molecule has 1 atom stereocenters. The van der Waals surface area contributed by atoms with Crippen LogP contribution in [-0.4, -0.2) is 17.7 Å². The first-order valence-corrected chi connectivity index (χ1v) is 4.70. The lowest BCUT2D eigenvalue weighted by molar-refractivity contribution is -0.145. The van der Waals surface area contributed by atoms with Crippen molar-refractivity contribution in [3.63, 3.8) is 0 Å². The number of hydrogen-bond acceptors (Lipinski definition) is 3. The van der Waals surface area contributed by atoms with E-state index in [-0.39, 0.29) is 6.61 Å². The molecule has 0 bridgehead atoms. The van der Waals surface area contributed by atoms with Crippen LogP contribution in [0.5, 0.6) is 0 Å². The van der Waals surface area contributed by atoms with Gasteiger partial charge in [-0.05, 0) is 18.6 Å². The van der Waals surface area contributed by atoms with Gasteiger partial charge >= 0.3 is 5.97 Å². The van der Waals surface area contributed by atoms with Crippen molar-refractivity contribution in [3.8, 4) is 0 Å². The zero-order valence-corrected chi connectivity index (χ0v) is 8.99. The highest BCUT2D eigenvalue weighted by Crippen LogP contribution is 2.30. The first kappa shape index (κ1) is 12.0. The second-order valence-corrected chi connectivity index (χ2v) is 3.84. The fourth-order valence-corrected chi connectivity index (χ4v) is 1.67. The van der Waals surface area contributed by atoms with Gasteiger partial charge in [0.15, 0.2) is 0 Å². The Hall–Kier alpha value is -1.10. The first-order valence-electron chi connectivity index (χ1n) is 4.32. The van der Waals surface area contributed by atoms with E-state index in [0.29, 0.717) is 10.6 Å². The van der Waals surface area contributed by atoms with Crippen molar-refractivity contribution < 1.29 is 14.7 Å². The molecule has 15 heavy (non-hydrogen) atoms. The third-order valence-electron chi connectivity index (χ3n) is 2.31. The van der Waals surface area contributed by atoms with E-state index in [0.717, 1.165) is 0 Å². The molecule has 82 valence electrons. The van der Waals surface area contributed by atoms with Crippen LogP contribution in [0.25, 0.3) is 0 Å². The van der Waals surface area contributed by atoms with E-state index < -0.39 is 11.4 Å². The van der Waals surface area contributed by atoms with Crippen LogP contribution >= 0.6 is 11.6 Å². The quantitative estimate of drug-likeness (QED) is 0.769. The smallest absolute Gasteiger partial charge is 0.316 e. The van der Waals surface area contributed by atoms with Gasteiger partial charge in [0, 0.05) is 5.02 Å². The molecule has 0 saturated heterocycles. The topological polar surface area (TPSA) is 72.5 Å². The Labute approximate surface area is 92.6 Å². The Bertz CT molecular complexity index is 369. The number of benzene rings is 1. The molecule has 1 unspecified atom stereocenters. The van der Waals surface area contributed by atoms with Gasteiger partial charge in [-0.3, -0.25) is 4.79 Å². The van der Waals surface area contributed by atoms with Crippen LogP contribution < -0.4 is 5.90 Å². The fourth-order valence-electron chi connectivity index (χ4n) is 1.33. The Kier molecular flexibility index (Phi) is 3.68. The van der Waals surface area contributed by atoms with Crippen molar-refractivity contribution >= 4 is 17.6 Å². The minimum atomic E-state index is -1.23. The molecule has 0 fully saturated rings. The maximum absolute atomic E-state index is 11.2. The monoisotopic (exact) mass is 229 g/mol. The highest BCUT2D eigenvalue weighted by atomic mass is 35.5. The highest BCUT2D eigenvalue weighted by Gasteiger charge is 2.37. The molecule has 0 radical (unpaired) electrons. The fraction of sp³-hybridized carbons (Fsp3) is 0.300. The molecule has 1 rings (SSSR count). The molecule has 5 heteroatoms. The maximum atomic E-state index is 11.2. The minimum Gasteiger partial charge on any atom is -0.481 e. The molecule has 0 spiro atoms. The van der Waals surface area contributed by atoms with E-state index in [1.165, 1.54) is 6.92 Å². The molecule has 0 saturated carbocycles. The number of aliphatic carboxylic acids is 1. The third-order valence-corrected chi connectivity index (χ3v) is 2.64. The summed E-state index contributed by atoms with van der Waals surface area (Å²) in [6, 6.07) is 6.74. The van der Waals surface area contributed by atoms with Gasteiger partial charge in [0.25, 0.3) is 0 Å². The van der Waals surface area contributed by atoms with Gasteiger partial charge in [0.2, 0.25) is 0 Å². The molecule has 0 aliphatic rings. The number of carboxylic acids is 1. The van der Waals surface area contributed by atoms with Crippen LogP contribution in [0.1, 0.15) is 12.5 Å². The first-order chi connectivity index (χ1) is 7.02. The zero-order valence-electron chi connectivity index (χ0n) is 8.24. The Morgan fingerprint density at radius 2 is 2.20 bits per heavy atom. The number of nitrogens with two attached hydrogens (primary N) is 1. The third kappa shape index (κ3) is 2.28. The van der Waals surface area contributed by atoms with Crippen LogP contribution in [0.2, 0.25) is 5.02 Å². The lowest BCUT2D eigenvalue weighted by atomic mass is 9.83. The van der Waals surface area contributed by atoms with E-state index in [2.05, 4.69) is 4.84 Å². The van der Waals surface area contributed by atoms with E-state index in [1.807, 2.05) is 0 Å². The summed E-state index contributed by atoms with van der Waals surface area (Å²) in [6.07, 6.45) is 0. The van der Waals surface area contributed by atoms with Crippen molar-refractivity contribution in [1.82, 2.24) is 0 Å². The SMILES string of the molecule is CC(CON)(C(=O)O)c1ccccc1Cl. The molecule has 0 aromatic heterocycles. The van der Waals surface area contributed by atoms with Crippen LogP contribution in [0.4, 0.5) is 0 Å². The summed E-state index contributed by atoms with van der Waals surface area (Å²) in [5, 5.41) is 9.54. The normalized spacial score (nSPS) is 14.6.